The summed E-state index contributed by atoms with van der Waals surface area (Å²) in [6, 6.07) is 8.42. The summed E-state index contributed by atoms with van der Waals surface area (Å²) in [6.07, 6.45) is 4.35. The Morgan fingerprint density at radius 2 is 1.92 bits per heavy atom. The Balaban J connectivity index is 2.45. The third-order valence-electron chi connectivity index (χ3n) is 2.54. The number of allylic oxidation sites excluding steroid dienone is 1. The fourth-order valence-electron chi connectivity index (χ4n) is 1.85. The fourth-order valence-corrected chi connectivity index (χ4v) is 2.04. The van der Waals surface area contributed by atoms with Gasteiger partial charge in [-0.2, -0.15) is 0 Å². The Kier molecular flexibility index (Phi) is 1.96. The second-order valence-electron chi connectivity index (χ2n) is 4.03. The van der Waals surface area contributed by atoms with E-state index in [-0.39, 0.29) is 4.87 Å². The van der Waals surface area contributed by atoms with Crippen LogP contribution in [0, 0.1) is 0 Å². The zero-order valence-corrected chi connectivity index (χ0v) is 8.68. The number of halogens is 1. The number of hydrogen-bond acceptors (Lipinski definition) is 0. The predicted molar refractivity (Wildman–Crippen MR) is 58.1 cm³/mol. The largest absolute Gasteiger partial charge is 0.119 e. The summed E-state index contributed by atoms with van der Waals surface area (Å²) in [5, 5.41) is 0. The van der Waals surface area contributed by atoms with Crippen LogP contribution in [0.2, 0.25) is 0 Å². The lowest BCUT2D eigenvalue weighted by molar-refractivity contribution is 0.628. The molecule has 0 aliphatic heterocycles. The molecule has 2 rings (SSSR count). The zero-order valence-electron chi connectivity index (χ0n) is 7.92. The zero-order chi connectivity index (χ0) is 9.47. The molecule has 0 amide bonds. The molecule has 1 aliphatic rings. The molecular weight excluding hydrogens is 180 g/mol. The minimum absolute atomic E-state index is 0.191. The number of benzene rings is 1. The molecule has 0 aromatic heterocycles. The van der Waals surface area contributed by atoms with Crippen LogP contribution >= 0.6 is 11.6 Å². The smallest absolute Gasteiger partial charge is 0.0493 e. The van der Waals surface area contributed by atoms with Crippen LogP contribution in [0.25, 0.3) is 6.08 Å². The normalized spacial score (nSPS) is 20.4. The van der Waals surface area contributed by atoms with E-state index >= 15 is 0 Å². The number of hydrogen-bond donors (Lipinski definition) is 0. The van der Waals surface area contributed by atoms with Gasteiger partial charge in [-0.15, -0.1) is 11.6 Å². The molecule has 0 fully saturated rings. The van der Waals surface area contributed by atoms with Crippen LogP contribution < -0.4 is 0 Å². The van der Waals surface area contributed by atoms with Gasteiger partial charge in [-0.1, -0.05) is 36.4 Å². The van der Waals surface area contributed by atoms with Gasteiger partial charge in [0.1, 0.15) is 0 Å². The second kappa shape index (κ2) is 2.88. The van der Waals surface area contributed by atoms with E-state index in [2.05, 4.69) is 50.3 Å². The Labute approximate surface area is 84.2 Å². The van der Waals surface area contributed by atoms with Crippen molar-refractivity contribution in [2.75, 3.05) is 0 Å². The first-order valence-corrected chi connectivity index (χ1v) is 4.93. The lowest BCUT2D eigenvalue weighted by atomic mass is 9.90. The highest BCUT2D eigenvalue weighted by Gasteiger charge is 2.30. The third-order valence-corrected chi connectivity index (χ3v) is 2.77. The van der Waals surface area contributed by atoms with Crippen molar-refractivity contribution in [1.29, 1.82) is 0 Å². The molecule has 0 saturated heterocycles. The van der Waals surface area contributed by atoms with E-state index in [1.807, 2.05) is 0 Å². The van der Waals surface area contributed by atoms with Crippen molar-refractivity contribution in [2.24, 2.45) is 0 Å². The minimum Gasteiger partial charge on any atom is -0.119 e. The van der Waals surface area contributed by atoms with Crippen molar-refractivity contribution in [2.45, 2.75) is 24.6 Å². The Bertz CT molecular complexity index is 344. The summed E-state index contributed by atoms with van der Waals surface area (Å²) in [4.78, 5) is -0.191. The van der Waals surface area contributed by atoms with E-state index in [0.29, 0.717) is 5.92 Å². The van der Waals surface area contributed by atoms with Crippen LogP contribution in [-0.4, -0.2) is 4.87 Å². The minimum atomic E-state index is -0.191. The van der Waals surface area contributed by atoms with E-state index in [1.54, 1.807) is 0 Å². The van der Waals surface area contributed by atoms with Gasteiger partial charge in [0, 0.05) is 10.8 Å². The molecule has 1 unspecified atom stereocenters. The highest BCUT2D eigenvalue weighted by Crippen LogP contribution is 2.40. The molecule has 0 N–H and O–H groups in total. The maximum atomic E-state index is 6.32. The van der Waals surface area contributed by atoms with Gasteiger partial charge < -0.3 is 0 Å². The molecule has 1 aliphatic carbocycles. The monoisotopic (exact) mass is 192 g/mol. The van der Waals surface area contributed by atoms with Crippen LogP contribution in [0.5, 0.6) is 0 Å². The standard InChI is InChI=1S/C12H13Cl/c1-12(2,13)11-8-7-9-5-3-4-6-10(9)11/h3-8,11H,1-2H3. The number of fused-ring (bicyclic) bond motifs is 1. The first-order valence-electron chi connectivity index (χ1n) is 4.55. The van der Waals surface area contributed by atoms with Gasteiger partial charge in [-0.25, -0.2) is 0 Å². The van der Waals surface area contributed by atoms with Crippen LogP contribution in [0.3, 0.4) is 0 Å². The first kappa shape index (κ1) is 8.83. The molecule has 0 radical (unpaired) electrons. The van der Waals surface area contributed by atoms with Crippen molar-refractivity contribution in [1.82, 2.24) is 0 Å². The van der Waals surface area contributed by atoms with Crippen LogP contribution in [0.1, 0.15) is 30.9 Å². The average Bonchev–Trinajstić information content (AvgIpc) is 2.45. The lowest BCUT2D eigenvalue weighted by Crippen LogP contribution is -2.19. The quantitative estimate of drug-likeness (QED) is 0.594. The number of rotatable bonds is 1. The average molecular weight is 193 g/mol. The molecule has 68 valence electrons. The molecule has 1 aromatic carbocycles. The predicted octanol–water partition coefficient (Wildman–Crippen LogP) is 3.81. The van der Waals surface area contributed by atoms with Gasteiger partial charge in [0.15, 0.2) is 0 Å². The molecule has 0 heterocycles. The van der Waals surface area contributed by atoms with Gasteiger partial charge in [0.05, 0.1) is 0 Å². The Morgan fingerprint density at radius 3 is 2.62 bits per heavy atom. The SMILES string of the molecule is CC(C)(Cl)C1C=Cc2ccccc21. The molecule has 0 saturated carbocycles. The van der Waals surface area contributed by atoms with Gasteiger partial charge in [0.2, 0.25) is 0 Å². The maximum absolute atomic E-state index is 6.32. The second-order valence-corrected chi connectivity index (χ2v) is 5.00. The first-order chi connectivity index (χ1) is 6.09. The molecule has 0 spiro atoms. The van der Waals surface area contributed by atoms with Crippen molar-refractivity contribution in [3.8, 4) is 0 Å². The molecule has 0 bridgehead atoms. The van der Waals surface area contributed by atoms with Crippen molar-refractivity contribution >= 4 is 17.7 Å². The van der Waals surface area contributed by atoms with Gasteiger partial charge >= 0.3 is 0 Å². The summed E-state index contributed by atoms with van der Waals surface area (Å²) in [5.74, 6) is 0.352. The van der Waals surface area contributed by atoms with Crippen molar-refractivity contribution in [3.63, 3.8) is 0 Å². The molecule has 1 heteroatoms. The maximum Gasteiger partial charge on any atom is 0.0493 e. The van der Waals surface area contributed by atoms with Crippen LogP contribution in [-0.2, 0) is 0 Å². The van der Waals surface area contributed by atoms with Crippen LogP contribution in [0.15, 0.2) is 30.3 Å². The van der Waals surface area contributed by atoms with E-state index in [4.69, 9.17) is 11.6 Å². The topological polar surface area (TPSA) is 0 Å². The van der Waals surface area contributed by atoms with Gasteiger partial charge in [0.25, 0.3) is 0 Å². The highest BCUT2D eigenvalue weighted by molar-refractivity contribution is 6.24. The van der Waals surface area contributed by atoms with Crippen molar-refractivity contribution in [3.05, 3.63) is 41.5 Å². The Hall–Kier alpha value is -0.750. The third kappa shape index (κ3) is 1.51. The van der Waals surface area contributed by atoms with Gasteiger partial charge in [-0.3, -0.25) is 0 Å². The lowest BCUT2D eigenvalue weighted by Gasteiger charge is -2.24. The summed E-state index contributed by atoms with van der Waals surface area (Å²) < 4.78 is 0. The van der Waals surface area contributed by atoms with E-state index < -0.39 is 0 Å². The molecule has 0 nitrogen and oxygen atoms in total. The molecule has 1 aromatic rings. The van der Waals surface area contributed by atoms with E-state index in [1.165, 1.54) is 11.1 Å². The summed E-state index contributed by atoms with van der Waals surface area (Å²) in [5.41, 5.74) is 2.66. The van der Waals surface area contributed by atoms with Crippen molar-refractivity contribution < 1.29 is 0 Å². The van der Waals surface area contributed by atoms with E-state index in [0.717, 1.165) is 0 Å². The highest BCUT2D eigenvalue weighted by atomic mass is 35.5. The fraction of sp³-hybridized carbons (Fsp3) is 0.333. The summed E-state index contributed by atoms with van der Waals surface area (Å²) in [7, 11) is 0. The summed E-state index contributed by atoms with van der Waals surface area (Å²) in [6.45, 7) is 4.12. The van der Waals surface area contributed by atoms with Crippen LogP contribution in [0.4, 0.5) is 0 Å². The van der Waals surface area contributed by atoms with Gasteiger partial charge in [-0.05, 0) is 25.0 Å². The molecule has 1 atom stereocenters. The summed E-state index contributed by atoms with van der Waals surface area (Å²) >= 11 is 6.32. The molecule has 13 heavy (non-hydrogen) atoms. The van der Waals surface area contributed by atoms with E-state index in [9.17, 15) is 0 Å². The Morgan fingerprint density at radius 1 is 1.23 bits per heavy atom. The number of alkyl halides is 1. The molecular formula is C12H13Cl.